The van der Waals surface area contributed by atoms with E-state index in [1.165, 1.54) is 0 Å². The van der Waals surface area contributed by atoms with Crippen molar-refractivity contribution in [1.29, 1.82) is 0 Å². The van der Waals surface area contributed by atoms with Crippen LogP contribution in [0.25, 0.3) is 16.5 Å². The zero-order chi connectivity index (χ0) is 21.1. The van der Waals surface area contributed by atoms with Crippen molar-refractivity contribution in [2.75, 3.05) is 26.2 Å². The molecule has 1 fully saturated rings. The summed E-state index contributed by atoms with van der Waals surface area (Å²) < 4.78 is 6.09. The van der Waals surface area contributed by atoms with Crippen LogP contribution in [0.1, 0.15) is 21.1 Å². The molecule has 1 saturated heterocycles. The summed E-state index contributed by atoms with van der Waals surface area (Å²) in [6.07, 6.45) is 3.46. The van der Waals surface area contributed by atoms with Gasteiger partial charge in [-0.15, -0.1) is 11.3 Å². The second-order valence-electron chi connectivity index (χ2n) is 6.99. The second kappa shape index (κ2) is 8.97. The lowest BCUT2D eigenvalue weighted by Crippen LogP contribution is -2.50. The SMILES string of the molecule is Cc1cc(C(=O)N2CCN(C(=O)/C=C/c3ccc(-c4ccc(Br)cc4)s3)CC2)on1. The van der Waals surface area contributed by atoms with Crippen molar-refractivity contribution in [1.82, 2.24) is 15.0 Å². The van der Waals surface area contributed by atoms with E-state index in [9.17, 15) is 9.59 Å². The molecule has 4 rings (SSSR count). The van der Waals surface area contributed by atoms with Crippen molar-refractivity contribution in [2.24, 2.45) is 0 Å². The number of halogens is 1. The monoisotopic (exact) mass is 485 g/mol. The molecule has 2 amide bonds. The van der Waals surface area contributed by atoms with Crippen molar-refractivity contribution >= 4 is 45.2 Å². The van der Waals surface area contributed by atoms with Gasteiger partial charge in [0, 0.05) is 52.5 Å². The van der Waals surface area contributed by atoms with Crippen LogP contribution in [0.2, 0.25) is 0 Å². The maximum Gasteiger partial charge on any atom is 0.292 e. The first kappa shape index (κ1) is 20.6. The highest BCUT2D eigenvalue weighted by molar-refractivity contribution is 9.10. The molecule has 0 unspecified atom stereocenters. The molecule has 30 heavy (non-hydrogen) atoms. The minimum Gasteiger partial charge on any atom is -0.351 e. The summed E-state index contributed by atoms with van der Waals surface area (Å²) >= 11 is 5.09. The third kappa shape index (κ3) is 4.71. The molecule has 154 valence electrons. The molecule has 8 heteroatoms. The first-order valence-electron chi connectivity index (χ1n) is 9.55. The van der Waals surface area contributed by atoms with Gasteiger partial charge >= 0.3 is 0 Å². The van der Waals surface area contributed by atoms with E-state index in [0.717, 1.165) is 19.8 Å². The summed E-state index contributed by atoms with van der Waals surface area (Å²) in [6.45, 7) is 3.72. The van der Waals surface area contributed by atoms with Crippen molar-refractivity contribution in [3.63, 3.8) is 0 Å². The van der Waals surface area contributed by atoms with E-state index in [-0.39, 0.29) is 17.6 Å². The average Bonchev–Trinajstić information content (AvgIpc) is 3.41. The zero-order valence-electron chi connectivity index (χ0n) is 16.4. The molecule has 2 aromatic heterocycles. The van der Waals surface area contributed by atoms with E-state index < -0.39 is 0 Å². The number of aromatic nitrogens is 1. The third-order valence-corrected chi connectivity index (χ3v) is 6.49. The third-order valence-electron chi connectivity index (χ3n) is 4.86. The number of benzene rings is 1. The standard InChI is InChI=1S/C22H20BrN3O3S/c1-15-14-19(29-24-15)22(28)26-12-10-25(11-13-26)21(27)9-7-18-6-8-20(30-18)16-2-4-17(23)5-3-16/h2-9,14H,10-13H2,1H3/b9-7+. The van der Waals surface area contributed by atoms with E-state index >= 15 is 0 Å². The molecule has 0 N–H and O–H groups in total. The zero-order valence-corrected chi connectivity index (χ0v) is 18.8. The van der Waals surface area contributed by atoms with Gasteiger partial charge in [0.1, 0.15) is 0 Å². The number of thiophene rings is 1. The molecular formula is C22H20BrN3O3S. The molecule has 3 aromatic rings. The predicted molar refractivity (Wildman–Crippen MR) is 120 cm³/mol. The number of carbonyl (C=O) groups is 2. The Morgan fingerprint density at radius 1 is 1.07 bits per heavy atom. The average molecular weight is 486 g/mol. The number of nitrogens with zero attached hydrogens (tertiary/aromatic N) is 3. The summed E-state index contributed by atoms with van der Waals surface area (Å²) in [5.74, 6) is 0.0138. The molecule has 1 aliphatic rings. The molecule has 1 aromatic carbocycles. The molecule has 0 saturated carbocycles. The van der Waals surface area contributed by atoms with Crippen LogP contribution in [-0.4, -0.2) is 52.9 Å². The fraction of sp³-hybridized carbons (Fsp3) is 0.227. The highest BCUT2D eigenvalue weighted by atomic mass is 79.9. The Labute approximate surface area is 186 Å². The van der Waals surface area contributed by atoms with Gasteiger partial charge in [-0.2, -0.15) is 0 Å². The van der Waals surface area contributed by atoms with Crippen LogP contribution in [0, 0.1) is 6.92 Å². The highest BCUT2D eigenvalue weighted by Gasteiger charge is 2.26. The largest absolute Gasteiger partial charge is 0.351 e. The van der Waals surface area contributed by atoms with Crippen LogP contribution in [0.4, 0.5) is 0 Å². The first-order chi connectivity index (χ1) is 14.5. The lowest BCUT2D eigenvalue weighted by Gasteiger charge is -2.33. The van der Waals surface area contributed by atoms with Crippen LogP contribution in [-0.2, 0) is 4.79 Å². The Morgan fingerprint density at radius 3 is 2.43 bits per heavy atom. The maximum atomic E-state index is 12.5. The molecule has 0 radical (unpaired) electrons. The molecule has 0 bridgehead atoms. The van der Waals surface area contributed by atoms with Crippen LogP contribution < -0.4 is 0 Å². The van der Waals surface area contributed by atoms with Gasteiger partial charge < -0.3 is 14.3 Å². The number of aryl methyl sites for hydroxylation is 1. The Hall–Kier alpha value is -2.71. The number of carbonyl (C=O) groups excluding carboxylic acids is 2. The van der Waals surface area contributed by atoms with E-state index in [2.05, 4.69) is 39.3 Å². The van der Waals surface area contributed by atoms with Crippen LogP contribution in [0.15, 0.2) is 57.5 Å². The summed E-state index contributed by atoms with van der Waals surface area (Å²) in [5.41, 5.74) is 1.83. The smallest absolute Gasteiger partial charge is 0.292 e. The number of piperazine rings is 1. The van der Waals surface area contributed by atoms with Crippen molar-refractivity contribution in [2.45, 2.75) is 6.92 Å². The molecule has 0 atom stereocenters. The van der Waals surface area contributed by atoms with E-state index in [1.807, 2.05) is 24.3 Å². The van der Waals surface area contributed by atoms with Gasteiger partial charge in [-0.05, 0) is 42.8 Å². The lowest BCUT2D eigenvalue weighted by atomic mass is 10.2. The Balaban J connectivity index is 1.32. The summed E-state index contributed by atoms with van der Waals surface area (Å²) in [6, 6.07) is 13.9. The fourth-order valence-corrected chi connectivity index (χ4v) is 4.40. The van der Waals surface area contributed by atoms with Gasteiger partial charge in [-0.1, -0.05) is 33.2 Å². The molecule has 6 nitrogen and oxygen atoms in total. The minimum atomic E-state index is -0.183. The molecule has 0 spiro atoms. The van der Waals surface area contributed by atoms with Gasteiger partial charge in [0.2, 0.25) is 11.7 Å². The Bertz CT molecular complexity index is 1080. The number of amides is 2. The van der Waals surface area contributed by atoms with E-state index in [4.69, 9.17) is 4.52 Å². The van der Waals surface area contributed by atoms with Crippen LogP contribution >= 0.6 is 27.3 Å². The Morgan fingerprint density at radius 2 is 1.77 bits per heavy atom. The van der Waals surface area contributed by atoms with Crippen LogP contribution in [0.3, 0.4) is 0 Å². The first-order valence-corrected chi connectivity index (χ1v) is 11.2. The lowest BCUT2D eigenvalue weighted by molar-refractivity contribution is -0.127. The van der Waals surface area contributed by atoms with Gasteiger partial charge in [0.05, 0.1) is 5.69 Å². The maximum absolute atomic E-state index is 12.5. The number of hydrogen-bond donors (Lipinski definition) is 0. The molecule has 3 heterocycles. The van der Waals surface area contributed by atoms with Crippen molar-refractivity contribution in [3.8, 4) is 10.4 Å². The van der Waals surface area contributed by atoms with Crippen LogP contribution in [0.5, 0.6) is 0 Å². The van der Waals surface area contributed by atoms with E-state index in [0.29, 0.717) is 31.9 Å². The molecule has 0 aliphatic carbocycles. The van der Waals surface area contributed by atoms with E-state index in [1.54, 1.807) is 40.2 Å². The molecule has 1 aliphatic heterocycles. The summed E-state index contributed by atoms with van der Waals surface area (Å²) in [7, 11) is 0. The van der Waals surface area contributed by atoms with Gasteiger partial charge in [0.25, 0.3) is 5.91 Å². The number of rotatable bonds is 4. The highest BCUT2D eigenvalue weighted by Crippen LogP contribution is 2.29. The van der Waals surface area contributed by atoms with Gasteiger partial charge in [0.15, 0.2) is 0 Å². The summed E-state index contributed by atoms with van der Waals surface area (Å²) in [5, 5.41) is 3.76. The number of hydrogen-bond acceptors (Lipinski definition) is 5. The fourth-order valence-electron chi connectivity index (χ4n) is 3.22. The normalized spacial score (nSPS) is 14.5. The Kier molecular flexibility index (Phi) is 6.15. The second-order valence-corrected chi connectivity index (χ2v) is 9.02. The van der Waals surface area contributed by atoms with Crippen molar-refractivity contribution < 1.29 is 14.1 Å². The van der Waals surface area contributed by atoms with Crippen molar-refractivity contribution in [3.05, 3.63) is 69.3 Å². The minimum absolute atomic E-state index is 0.0452. The quantitative estimate of drug-likeness (QED) is 0.511. The predicted octanol–water partition coefficient (Wildman–Crippen LogP) is 4.47. The van der Waals surface area contributed by atoms with Gasteiger partial charge in [-0.25, -0.2) is 0 Å². The van der Waals surface area contributed by atoms with Gasteiger partial charge in [-0.3, -0.25) is 9.59 Å². The summed E-state index contributed by atoms with van der Waals surface area (Å²) in [4.78, 5) is 30.6. The molecular weight excluding hydrogens is 466 g/mol. The topological polar surface area (TPSA) is 66.7 Å².